The Morgan fingerprint density at radius 1 is 1.57 bits per heavy atom. The molecule has 2 rings (SSSR count). The van der Waals surface area contributed by atoms with Crippen LogP contribution in [-0.4, -0.2) is 27.0 Å². The molecule has 0 aliphatic heterocycles. The Hall–Kier alpha value is -0.550. The van der Waals surface area contributed by atoms with Gasteiger partial charge in [-0.25, -0.2) is 4.98 Å². The van der Waals surface area contributed by atoms with Gasteiger partial charge in [0.2, 0.25) is 0 Å². The van der Waals surface area contributed by atoms with Crippen LogP contribution in [0.3, 0.4) is 0 Å². The summed E-state index contributed by atoms with van der Waals surface area (Å²) in [7, 11) is 0. The van der Waals surface area contributed by atoms with E-state index >= 15 is 0 Å². The van der Waals surface area contributed by atoms with Crippen molar-refractivity contribution in [2.75, 3.05) is 5.75 Å². The van der Waals surface area contributed by atoms with Gasteiger partial charge in [-0.2, -0.15) is 5.10 Å². The summed E-state index contributed by atoms with van der Waals surface area (Å²) in [5.74, 6) is 1.67. The predicted molar refractivity (Wildman–Crippen MR) is 57.0 cm³/mol. The number of H-pyrrole nitrogens is 1. The van der Waals surface area contributed by atoms with E-state index in [0.29, 0.717) is 6.04 Å². The van der Waals surface area contributed by atoms with Gasteiger partial charge >= 0.3 is 0 Å². The Morgan fingerprint density at radius 2 is 2.36 bits per heavy atom. The highest BCUT2D eigenvalue weighted by molar-refractivity contribution is 7.99. The van der Waals surface area contributed by atoms with Crippen molar-refractivity contribution in [2.45, 2.75) is 36.9 Å². The van der Waals surface area contributed by atoms with Gasteiger partial charge in [0.25, 0.3) is 0 Å². The summed E-state index contributed by atoms with van der Waals surface area (Å²) >= 11 is 1.67. The minimum Gasteiger partial charge on any atom is -0.327 e. The Morgan fingerprint density at radius 3 is 3.00 bits per heavy atom. The van der Waals surface area contributed by atoms with Gasteiger partial charge in [-0.1, -0.05) is 24.6 Å². The maximum Gasteiger partial charge on any atom is 0.183 e. The smallest absolute Gasteiger partial charge is 0.183 e. The van der Waals surface area contributed by atoms with Gasteiger partial charge in [0, 0.05) is 11.8 Å². The average molecular weight is 212 g/mol. The molecule has 4 nitrogen and oxygen atoms in total. The molecule has 0 bridgehead atoms. The Bertz CT molecular complexity index is 256. The van der Waals surface area contributed by atoms with Crippen LogP contribution in [0.2, 0.25) is 0 Å². The fourth-order valence-corrected chi connectivity index (χ4v) is 2.82. The number of hydrogen-bond donors (Lipinski definition) is 2. The SMILES string of the molecule is NC(CSc1ncn[nH]1)C1CCCC1. The first-order valence-electron chi connectivity index (χ1n) is 5.10. The Kier molecular flexibility index (Phi) is 3.42. The molecule has 1 atom stereocenters. The van der Waals surface area contributed by atoms with Crippen LogP contribution in [0.1, 0.15) is 25.7 Å². The Balaban J connectivity index is 1.74. The number of hydrogen-bond acceptors (Lipinski definition) is 4. The highest BCUT2D eigenvalue weighted by atomic mass is 32.2. The molecule has 0 aromatic carbocycles. The lowest BCUT2D eigenvalue weighted by Gasteiger charge is -2.17. The van der Waals surface area contributed by atoms with Crippen LogP contribution in [0, 0.1) is 5.92 Å². The maximum atomic E-state index is 6.11. The summed E-state index contributed by atoms with van der Waals surface area (Å²) in [5, 5.41) is 7.50. The third kappa shape index (κ3) is 2.48. The lowest BCUT2D eigenvalue weighted by atomic mass is 10.0. The molecule has 1 heterocycles. The van der Waals surface area contributed by atoms with Gasteiger partial charge < -0.3 is 5.73 Å². The molecule has 1 unspecified atom stereocenters. The van der Waals surface area contributed by atoms with Crippen molar-refractivity contribution in [3.8, 4) is 0 Å². The van der Waals surface area contributed by atoms with Gasteiger partial charge in [0.1, 0.15) is 6.33 Å². The summed E-state index contributed by atoms with van der Waals surface area (Å²) in [6, 6.07) is 0.313. The first kappa shape index (κ1) is 9.98. The van der Waals surface area contributed by atoms with E-state index in [2.05, 4.69) is 15.2 Å². The molecule has 0 saturated heterocycles. The average Bonchev–Trinajstić information content (AvgIpc) is 2.87. The molecule has 0 amide bonds. The van der Waals surface area contributed by atoms with Crippen LogP contribution < -0.4 is 5.73 Å². The second-order valence-electron chi connectivity index (χ2n) is 3.81. The van der Waals surface area contributed by atoms with Gasteiger partial charge in [0.15, 0.2) is 5.16 Å². The molecular weight excluding hydrogens is 196 g/mol. The van der Waals surface area contributed by atoms with Crippen molar-refractivity contribution in [3.05, 3.63) is 6.33 Å². The van der Waals surface area contributed by atoms with E-state index in [9.17, 15) is 0 Å². The van der Waals surface area contributed by atoms with Crippen molar-refractivity contribution in [2.24, 2.45) is 11.7 Å². The monoisotopic (exact) mass is 212 g/mol. The van der Waals surface area contributed by atoms with Gasteiger partial charge in [0.05, 0.1) is 0 Å². The zero-order valence-corrected chi connectivity index (χ0v) is 8.96. The number of thioether (sulfide) groups is 1. The van der Waals surface area contributed by atoms with E-state index in [-0.39, 0.29) is 0 Å². The second-order valence-corrected chi connectivity index (χ2v) is 4.82. The number of nitrogens with one attached hydrogen (secondary N) is 1. The molecule has 5 heteroatoms. The minimum absolute atomic E-state index is 0.313. The first-order chi connectivity index (χ1) is 6.86. The third-order valence-electron chi connectivity index (χ3n) is 2.81. The number of rotatable bonds is 4. The van der Waals surface area contributed by atoms with E-state index in [1.165, 1.54) is 32.0 Å². The third-order valence-corrected chi connectivity index (χ3v) is 3.83. The molecule has 78 valence electrons. The highest BCUT2D eigenvalue weighted by Gasteiger charge is 2.22. The van der Waals surface area contributed by atoms with Gasteiger partial charge in [-0.15, -0.1) is 0 Å². The maximum absolute atomic E-state index is 6.11. The normalized spacial score (nSPS) is 20.1. The molecular formula is C9H16N4S. The standard InChI is InChI=1S/C9H16N4S/c10-8(7-3-1-2-4-7)5-14-9-11-6-12-13-9/h6-8H,1-5,10H2,(H,11,12,13). The van der Waals surface area contributed by atoms with E-state index < -0.39 is 0 Å². The van der Waals surface area contributed by atoms with Crippen molar-refractivity contribution < 1.29 is 0 Å². The van der Waals surface area contributed by atoms with Crippen molar-refractivity contribution >= 4 is 11.8 Å². The molecule has 3 N–H and O–H groups in total. The number of nitrogens with two attached hydrogens (primary N) is 1. The first-order valence-corrected chi connectivity index (χ1v) is 6.08. The fraction of sp³-hybridized carbons (Fsp3) is 0.778. The largest absolute Gasteiger partial charge is 0.327 e. The number of nitrogens with zero attached hydrogens (tertiary/aromatic N) is 2. The molecule has 1 aromatic rings. The van der Waals surface area contributed by atoms with E-state index in [1.54, 1.807) is 11.8 Å². The van der Waals surface area contributed by atoms with Crippen molar-refractivity contribution in [1.82, 2.24) is 15.2 Å². The van der Waals surface area contributed by atoms with Crippen LogP contribution in [0.15, 0.2) is 11.5 Å². The molecule has 1 aromatic heterocycles. The molecule has 1 saturated carbocycles. The minimum atomic E-state index is 0.313. The van der Waals surface area contributed by atoms with Crippen molar-refractivity contribution in [1.29, 1.82) is 0 Å². The van der Waals surface area contributed by atoms with Crippen LogP contribution in [0.25, 0.3) is 0 Å². The lowest BCUT2D eigenvalue weighted by Crippen LogP contribution is -2.30. The van der Waals surface area contributed by atoms with Gasteiger partial charge in [-0.05, 0) is 18.8 Å². The predicted octanol–water partition coefficient (Wildman–Crippen LogP) is 1.41. The molecule has 0 radical (unpaired) electrons. The number of aromatic nitrogens is 3. The van der Waals surface area contributed by atoms with Crippen molar-refractivity contribution in [3.63, 3.8) is 0 Å². The lowest BCUT2D eigenvalue weighted by molar-refractivity contribution is 0.463. The summed E-state index contributed by atoms with van der Waals surface area (Å²) in [6.07, 6.45) is 6.84. The topological polar surface area (TPSA) is 67.6 Å². The molecule has 1 fully saturated rings. The summed E-state index contributed by atoms with van der Waals surface area (Å²) in [4.78, 5) is 4.06. The van der Waals surface area contributed by atoms with E-state index in [4.69, 9.17) is 5.73 Å². The molecule has 1 aliphatic rings. The van der Waals surface area contributed by atoms with Crippen LogP contribution in [0.5, 0.6) is 0 Å². The Labute approximate surface area is 88.1 Å². The molecule has 0 spiro atoms. The summed E-state index contributed by atoms with van der Waals surface area (Å²) < 4.78 is 0. The molecule has 14 heavy (non-hydrogen) atoms. The van der Waals surface area contributed by atoms with E-state index in [0.717, 1.165) is 16.8 Å². The zero-order valence-electron chi connectivity index (χ0n) is 8.15. The van der Waals surface area contributed by atoms with Crippen LogP contribution in [-0.2, 0) is 0 Å². The second kappa shape index (κ2) is 4.79. The summed E-state index contributed by atoms with van der Waals surface area (Å²) in [5.41, 5.74) is 6.11. The molecule has 1 aliphatic carbocycles. The number of aromatic amines is 1. The quantitative estimate of drug-likeness (QED) is 0.741. The van der Waals surface area contributed by atoms with Crippen LogP contribution >= 0.6 is 11.8 Å². The van der Waals surface area contributed by atoms with E-state index in [1.807, 2.05) is 0 Å². The highest BCUT2D eigenvalue weighted by Crippen LogP contribution is 2.28. The zero-order chi connectivity index (χ0) is 9.80. The summed E-state index contributed by atoms with van der Waals surface area (Å²) in [6.45, 7) is 0. The fourth-order valence-electron chi connectivity index (χ4n) is 1.96. The van der Waals surface area contributed by atoms with Gasteiger partial charge in [-0.3, -0.25) is 5.10 Å². The van der Waals surface area contributed by atoms with Crippen LogP contribution in [0.4, 0.5) is 0 Å².